The zero-order valence-corrected chi connectivity index (χ0v) is 12.8. The zero-order chi connectivity index (χ0) is 15.5. The summed E-state index contributed by atoms with van der Waals surface area (Å²) >= 11 is 0. The lowest BCUT2D eigenvalue weighted by Crippen LogP contribution is -2.48. The number of hydrogen-bond acceptors (Lipinski definition) is 4. The van der Waals surface area contributed by atoms with Crippen molar-refractivity contribution < 1.29 is 9.53 Å². The lowest BCUT2D eigenvalue weighted by atomic mass is 10.0. The SMILES string of the molecule is CC(C)[C@H]1CN(C(=O)c2cn[nH]n2)C[C@@H](c2ccccc2)O1. The molecule has 0 saturated carbocycles. The van der Waals surface area contributed by atoms with Crippen LogP contribution in [-0.2, 0) is 4.74 Å². The van der Waals surface area contributed by atoms with Gasteiger partial charge in [-0.05, 0) is 11.5 Å². The predicted octanol–water partition coefficient (Wildman–Crippen LogP) is 2.04. The molecule has 116 valence electrons. The molecular weight excluding hydrogens is 280 g/mol. The maximum absolute atomic E-state index is 12.6. The number of hydrogen-bond donors (Lipinski definition) is 1. The molecule has 2 heterocycles. The van der Waals surface area contributed by atoms with Crippen LogP contribution in [0.25, 0.3) is 0 Å². The first-order valence-corrected chi connectivity index (χ1v) is 7.50. The molecule has 1 N–H and O–H groups in total. The van der Waals surface area contributed by atoms with Crippen LogP contribution < -0.4 is 0 Å². The first-order valence-electron chi connectivity index (χ1n) is 7.50. The largest absolute Gasteiger partial charge is 0.366 e. The van der Waals surface area contributed by atoms with E-state index in [0.29, 0.717) is 24.7 Å². The Kier molecular flexibility index (Phi) is 4.20. The summed E-state index contributed by atoms with van der Waals surface area (Å²) in [7, 11) is 0. The normalized spacial score (nSPS) is 22.0. The van der Waals surface area contributed by atoms with E-state index in [1.807, 2.05) is 35.2 Å². The number of carbonyl (C=O) groups excluding carboxylic acids is 1. The van der Waals surface area contributed by atoms with Crippen molar-refractivity contribution in [2.45, 2.75) is 26.1 Å². The molecule has 22 heavy (non-hydrogen) atoms. The third-order valence-corrected chi connectivity index (χ3v) is 3.96. The highest BCUT2D eigenvalue weighted by Crippen LogP contribution is 2.28. The van der Waals surface area contributed by atoms with Gasteiger partial charge in [-0.15, -0.1) is 0 Å². The molecule has 1 aromatic heterocycles. The molecule has 6 heteroatoms. The number of benzene rings is 1. The van der Waals surface area contributed by atoms with E-state index in [2.05, 4.69) is 29.3 Å². The number of aromatic amines is 1. The minimum absolute atomic E-state index is 0.00908. The lowest BCUT2D eigenvalue weighted by molar-refractivity contribution is -0.0955. The minimum Gasteiger partial charge on any atom is -0.366 e. The van der Waals surface area contributed by atoms with Crippen LogP contribution in [0.4, 0.5) is 0 Å². The van der Waals surface area contributed by atoms with Gasteiger partial charge in [-0.1, -0.05) is 44.2 Å². The molecule has 0 aliphatic carbocycles. The van der Waals surface area contributed by atoms with E-state index in [-0.39, 0.29) is 18.1 Å². The monoisotopic (exact) mass is 300 g/mol. The van der Waals surface area contributed by atoms with Crippen molar-refractivity contribution in [2.75, 3.05) is 13.1 Å². The molecule has 3 rings (SSSR count). The van der Waals surface area contributed by atoms with Crippen molar-refractivity contribution in [1.82, 2.24) is 20.3 Å². The van der Waals surface area contributed by atoms with Crippen molar-refractivity contribution in [2.24, 2.45) is 5.92 Å². The summed E-state index contributed by atoms with van der Waals surface area (Å²) in [5, 5.41) is 10.1. The van der Waals surface area contributed by atoms with Crippen LogP contribution in [-0.4, -0.2) is 45.4 Å². The van der Waals surface area contributed by atoms with E-state index in [1.165, 1.54) is 6.20 Å². The van der Waals surface area contributed by atoms with Gasteiger partial charge in [0.15, 0.2) is 5.69 Å². The van der Waals surface area contributed by atoms with E-state index >= 15 is 0 Å². The van der Waals surface area contributed by atoms with Gasteiger partial charge >= 0.3 is 0 Å². The smallest absolute Gasteiger partial charge is 0.276 e. The molecule has 1 fully saturated rings. The van der Waals surface area contributed by atoms with E-state index in [9.17, 15) is 4.79 Å². The molecule has 0 spiro atoms. The highest BCUT2D eigenvalue weighted by Gasteiger charge is 2.33. The molecule has 0 radical (unpaired) electrons. The average molecular weight is 300 g/mol. The van der Waals surface area contributed by atoms with Gasteiger partial charge in [0.25, 0.3) is 5.91 Å². The van der Waals surface area contributed by atoms with E-state index in [0.717, 1.165) is 5.56 Å². The highest BCUT2D eigenvalue weighted by atomic mass is 16.5. The second kappa shape index (κ2) is 6.27. The van der Waals surface area contributed by atoms with Crippen LogP contribution in [0.5, 0.6) is 0 Å². The maximum Gasteiger partial charge on any atom is 0.276 e. The van der Waals surface area contributed by atoms with Crippen LogP contribution >= 0.6 is 0 Å². The Balaban J connectivity index is 1.83. The fourth-order valence-electron chi connectivity index (χ4n) is 2.64. The van der Waals surface area contributed by atoms with Gasteiger partial charge in [0.05, 0.1) is 18.8 Å². The van der Waals surface area contributed by atoms with Crippen molar-refractivity contribution >= 4 is 5.91 Å². The Morgan fingerprint density at radius 1 is 1.32 bits per heavy atom. The third-order valence-electron chi connectivity index (χ3n) is 3.96. The van der Waals surface area contributed by atoms with Crippen LogP contribution in [0.2, 0.25) is 0 Å². The summed E-state index contributed by atoms with van der Waals surface area (Å²) in [4.78, 5) is 14.4. The molecule has 2 atom stereocenters. The average Bonchev–Trinajstić information content (AvgIpc) is 3.09. The summed E-state index contributed by atoms with van der Waals surface area (Å²) in [5.74, 6) is 0.225. The van der Waals surface area contributed by atoms with Crippen molar-refractivity contribution in [3.63, 3.8) is 0 Å². The minimum atomic E-state index is -0.113. The second-order valence-electron chi connectivity index (χ2n) is 5.88. The fourth-order valence-corrected chi connectivity index (χ4v) is 2.64. The first kappa shape index (κ1) is 14.7. The molecule has 1 aliphatic heterocycles. The molecule has 0 unspecified atom stereocenters. The summed E-state index contributed by atoms with van der Waals surface area (Å²) < 4.78 is 6.19. The Morgan fingerprint density at radius 3 is 2.73 bits per heavy atom. The molecule has 6 nitrogen and oxygen atoms in total. The number of nitrogens with one attached hydrogen (secondary N) is 1. The number of aromatic nitrogens is 3. The Hall–Kier alpha value is -2.21. The van der Waals surface area contributed by atoms with Gasteiger partial charge in [-0.2, -0.15) is 15.4 Å². The summed E-state index contributed by atoms with van der Waals surface area (Å²) in [6.45, 7) is 5.32. The predicted molar refractivity (Wildman–Crippen MR) is 81.2 cm³/mol. The van der Waals surface area contributed by atoms with E-state index < -0.39 is 0 Å². The van der Waals surface area contributed by atoms with Crippen LogP contribution in [0, 0.1) is 5.92 Å². The van der Waals surface area contributed by atoms with Crippen molar-refractivity contribution in [3.8, 4) is 0 Å². The number of H-pyrrole nitrogens is 1. The number of carbonyl (C=O) groups is 1. The summed E-state index contributed by atoms with van der Waals surface area (Å²) in [6, 6.07) is 10.0. The fraction of sp³-hybridized carbons (Fsp3) is 0.438. The zero-order valence-electron chi connectivity index (χ0n) is 12.8. The van der Waals surface area contributed by atoms with E-state index in [1.54, 1.807) is 0 Å². The molecule has 1 aliphatic rings. The molecular formula is C16H20N4O2. The van der Waals surface area contributed by atoms with Gasteiger partial charge in [-0.25, -0.2) is 0 Å². The number of nitrogens with zero attached hydrogens (tertiary/aromatic N) is 3. The third kappa shape index (κ3) is 3.01. The Labute approximate surface area is 129 Å². The van der Waals surface area contributed by atoms with Crippen molar-refractivity contribution in [1.29, 1.82) is 0 Å². The number of ether oxygens (including phenoxy) is 1. The molecule has 1 aromatic carbocycles. The standard InChI is InChI=1S/C16H20N4O2/c1-11(2)14-9-20(16(21)13-8-17-19-18-13)10-15(22-14)12-6-4-3-5-7-12/h3-8,11,14-15H,9-10H2,1-2H3,(H,17,18,19)/t14-,15+/m1/s1. The van der Waals surface area contributed by atoms with Gasteiger partial charge in [0, 0.05) is 6.54 Å². The number of morpholine rings is 1. The Morgan fingerprint density at radius 2 is 2.09 bits per heavy atom. The molecule has 0 bridgehead atoms. The van der Waals surface area contributed by atoms with Gasteiger partial charge < -0.3 is 9.64 Å². The maximum atomic E-state index is 12.6. The summed E-state index contributed by atoms with van der Waals surface area (Å²) in [5.41, 5.74) is 1.43. The molecule has 1 saturated heterocycles. The number of amides is 1. The van der Waals surface area contributed by atoms with Crippen LogP contribution in [0.1, 0.15) is 36.0 Å². The quantitative estimate of drug-likeness (QED) is 0.941. The summed E-state index contributed by atoms with van der Waals surface area (Å²) in [6.07, 6.45) is 1.35. The number of rotatable bonds is 3. The Bertz CT molecular complexity index is 612. The topological polar surface area (TPSA) is 71.1 Å². The van der Waals surface area contributed by atoms with Gasteiger partial charge in [-0.3, -0.25) is 4.79 Å². The van der Waals surface area contributed by atoms with Gasteiger partial charge in [0.2, 0.25) is 0 Å². The lowest BCUT2D eigenvalue weighted by Gasteiger charge is -2.39. The second-order valence-corrected chi connectivity index (χ2v) is 5.88. The highest BCUT2D eigenvalue weighted by molar-refractivity contribution is 5.92. The molecule has 2 aromatic rings. The van der Waals surface area contributed by atoms with Gasteiger partial charge in [0.1, 0.15) is 6.10 Å². The van der Waals surface area contributed by atoms with E-state index in [4.69, 9.17) is 4.74 Å². The molecule has 1 amide bonds. The van der Waals surface area contributed by atoms with Crippen LogP contribution in [0.3, 0.4) is 0 Å². The van der Waals surface area contributed by atoms with Crippen molar-refractivity contribution in [3.05, 3.63) is 47.8 Å². The van der Waals surface area contributed by atoms with Crippen LogP contribution in [0.15, 0.2) is 36.5 Å². The first-order chi connectivity index (χ1) is 10.6.